The van der Waals surface area contributed by atoms with Gasteiger partial charge in [0.15, 0.2) is 0 Å². The number of hydrogen-bond acceptors (Lipinski definition) is 6. The zero-order valence-electron chi connectivity index (χ0n) is 16.6. The highest BCUT2D eigenvalue weighted by Gasteiger charge is 2.71. The fourth-order valence-electron chi connectivity index (χ4n) is 7.99. The third kappa shape index (κ3) is 2.21. The van der Waals surface area contributed by atoms with Crippen molar-refractivity contribution in [3.8, 4) is 0 Å². The van der Waals surface area contributed by atoms with E-state index >= 15 is 0 Å². The van der Waals surface area contributed by atoms with E-state index in [2.05, 4.69) is 6.92 Å². The van der Waals surface area contributed by atoms with E-state index in [1.807, 2.05) is 0 Å². The van der Waals surface area contributed by atoms with Gasteiger partial charge in [-0.05, 0) is 74.7 Å². The van der Waals surface area contributed by atoms with Gasteiger partial charge in [-0.25, -0.2) is 4.79 Å². The fraction of sp³-hybridized carbons (Fsp3) is 0.864. The molecule has 5 rings (SSSR count). The smallest absolute Gasteiger partial charge is 0.331 e. The van der Waals surface area contributed by atoms with E-state index in [0.717, 1.165) is 24.8 Å². The van der Waals surface area contributed by atoms with Crippen molar-refractivity contribution < 1.29 is 30.0 Å². The number of carbonyl (C=O) groups excluding carboxylic acids is 1. The number of ether oxygens (including phenoxy) is 1. The normalized spacial score (nSPS) is 55.8. The van der Waals surface area contributed by atoms with E-state index < -0.39 is 22.9 Å². The summed E-state index contributed by atoms with van der Waals surface area (Å²) in [6.45, 7) is 2.46. The third-order valence-corrected chi connectivity index (χ3v) is 9.50. The Labute approximate surface area is 165 Å². The molecule has 4 fully saturated rings. The van der Waals surface area contributed by atoms with Crippen LogP contribution in [-0.2, 0) is 9.53 Å². The maximum absolute atomic E-state index is 12.0. The summed E-state index contributed by atoms with van der Waals surface area (Å²) in [5.74, 6) is -0.407. The number of cyclic esters (lactones) is 1. The van der Waals surface area contributed by atoms with Crippen molar-refractivity contribution >= 4 is 5.97 Å². The summed E-state index contributed by atoms with van der Waals surface area (Å²) in [5.41, 5.74) is -2.78. The van der Waals surface area contributed by atoms with Crippen LogP contribution in [-0.4, -0.2) is 55.9 Å². The first-order valence-electron chi connectivity index (χ1n) is 10.9. The van der Waals surface area contributed by atoms with Crippen molar-refractivity contribution in [2.45, 2.75) is 87.6 Å². The van der Waals surface area contributed by atoms with E-state index in [1.54, 1.807) is 6.08 Å². The molecule has 4 saturated carbocycles. The van der Waals surface area contributed by atoms with Crippen molar-refractivity contribution in [1.82, 2.24) is 0 Å². The van der Waals surface area contributed by atoms with Crippen molar-refractivity contribution in [2.24, 2.45) is 23.2 Å². The van der Waals surface area contributed by atoms with Crippen LogP contribution in [0.4, 0.5) is 0 Å². The van der Waals surface area contributed by atoms with Crippen molar-refractivity contribution in [3.05, 3.63) is 11.6 Å². The molecule has 0 aromatic rings. The lowest BCUT2D eigenvalue weighted by atomic mass is 9.45. The zero-order chi connectivity index (χ0) is 19.9. The average Bonchev–Trinajstić information content (AvgIpc) is 3.17. The van der Waals surface area contributed by atoms with Crippen LogP contribution in [0.3, 0.4) is 0 Å². The molecular weight excluding hydrogens is 360 g/mol. The quantitative estimate of drug-likeness (QED) is 0.503. The average molecular weight is 392 g/mol. The first-order chi connectivity index (χ1) is 13.1. The molecule has 0 spiro atoms. The summed E-state index contributed by atoms with van der Waals surface area (Å²) in [6, 6.07) is 0. The van der Waals surface area contributed by atoms with Crippen LogP contribution < -0.4 is 0 Å². The third-order valence-electron chi connectivity index (χ3n) is 9.50. The van der Waals surface area contributed by atoms with Crippen molar-refractivity contribution in [1.29, 1.82) is 0 Å². The van der Waals surface area contributed by atoms with Gasteiger partial charge in [0.05, 0.1) is 22.9 Å². The standard InChI is InChI=1S/C22H32O6/c1-19-6-3-17-16(4-7-20(25)11-14(23)2-8-22(17,20)27)21(19,26)9-5-15(19)13-10-18(24)28-12-13/h10,14-17,23,25-27H,2-9,11-12H2,1H3/t14-,15+,16-,17+,19+,20+,21+,22-/m0/s1. The Morgan fingerprint density at radius 3 is 2.36 bits per heavy atom. The molecule has 0 bridgehead atoms. The van der Waals surface area contributed by atoms with Gasteiger partial charge in [-0.15, -0.1) is 0 Å². The molecule has 1 aliphatic heterocycles. The number of aliphatic hydroxyl groups is 4. The lowest BCUT2D eigenvalue weighted by Crippen LogP contribution is -2.71. The molecule has 0 radical (unpaired) electrons. The first-order valence-corrected chi connectivity index (χ1v) is 10.9. The molecule has 6 nitrogen and oxygen atoms in total. The van der Waals surface area contributed by atoms with Gasteiger partial charge in [-0.1, -0.05) is 6.92 Å². The summed E-state index contributed by atoms with van der Waals surface area (Å²) >= 11 is 0. The molecule has 8 atom stereocenters. The highest BCUT2D eigenvalue weighted by Crippen LogP contribution is 2.68. The molecule has 0 unspecified atom stereocenters. The van der Waals surface area contributed by atoms with Gasteiger partial charge in [-0.3, -0.25) is 0 Å². The minimum Gasteiger partial charge on any atom is -0.458 e. The molecule has 0 saturated heterocycles. The Morgan fingerprint density at radius 1 is 0.964 bits per heavy atom. The van der Waals surface area contributed by atoms with Gasteiger partial charge in [0.2, 0.25) is 0 Å². The molecule has 1 heterocycles. The predicted molar refractivity (Wildman–Crippen MR) is 100 cm³/mol. The Bertz CT molecular complexity index is 735. The number of carbonyl (C=O) groups is 1. The maximum atomic E-state index is 12.0. The van der Waals surface area contributed by atoms with Gasteiger partial charge in [0, 0.05) is 17.9 Å². The SMILES string of the molecule is C[C@]12CC[C@@H]3[C@H](CC[C@@]4(O)C[C@@H](O)CC[C@]34O)[C@]1(O)CC[C@@H]2C1=CC(=O)OC1. The molecule has 156 valence electrons. The Morgan fingerprint density at radius 2 is 1.64 bits per heavy atom. The highest BCUT2D eigenvalue weighted by atomic mass is 16.5. The molecule has 5 aliphatic rings. The summed E-state index contributed by atoms with van der Waals surface area (Å²) in [4.78, 5) is 11.6. The topological polar surface area (TPSA) is 107 Å². The van der Waals surface area contributed by atoms with Crippen LogP contribution in [0.5, 0.6) is 0 Å². The second-order valence-electron chi connectivity index (χ2n) is 10.4. The van der Waals surface area contributed by atoms with Crippen molar-refractivity contribution in [2.75, 3.05) is 6.61 Å². The van der Waals surface area contributed by atoms with Gasteiger partial charge in [0.25, 0.3) is 0 Å². The van der Waals surface area contributed by atoms with Gasteiger partial charge < -0.3 is 25.2 Å². The van der Waals surface area contributed by atoms with E-state index in [9.17, 15) is 25.2 Å². The fourth-order valence-corrected chi connectivity index (χ4v) is 7.99. The second-order valence-corrected chi connectivity index (χ2v) is 10.4. The van der Waals surface area contributed by atoms with E-state index in [1.165, 1.54) is 0 Å². The summed E-state index contributed by atoms with van der Waals surface area (Å²) < 4.78 is 5.14. The van der Waals surface area contributed by atoms with Crippen LogP contribution in [0.15, 0.2) is 11.6 Å². The number of esters is 1. The Kier molecular flexibility index (Phi) is 3.95. The van der Waals surface area contributed by atoms with Gasteiger partial charge in [0.1, 0.15) is 6.61 Å². The molecule has 0 aromatic carbocycles. The van der Waals surface area contributed by atoms with Crippen LogP contribution in [0.2, 0.25) is 0 Å². The molecule has 6 heteroatoms. The van der Waals surface area contributed by atoms with Crippen LogP contribution in [0, 0.1) is 23.2 Å². The highest BCUT2D eigenvalue weighted by molar-refractivity contribution is 5.85. The summed E-state index contributed by atoms with van der Waals surface area (Å²) in [5, 5.41) is 45.0. The van der Waals surface area contributed by atoms with Crippen LogP contribution in [0.1, 0.15) is 64.7 Å². The zero-order valence-corrected chi connectivity index (χ0v) is 16.6. The molecule has 4 N–H and O–H groups in total. The molecular formula is C22H32O6. The Balaban J connectivity index is 1.49. The minimum atomic E-state index is -1.26. The first kappa shape index (κ1) is 19.0. The summed E-state index contributed by atoms with van der Waals surface area (Å²) in [7, 11) is 0. The van der Waals surface area contributed by atoms with Gasteiger partial charge in [-0.2, -0.15) is 0 Å². The summed E-state index contributed by atoms with van der Waals surface area (Å²) in [6.07, 6.45) is 6.17. The lowest BCUT2D eigenvalue weighted by molar-refractivity contribution is -0.288. The molecule has 4 aliphatic carbocycles. The maximum Gasteiger partial charge on any atom is 0.331 e. The van der Waals surface area contributed by atoms with E-state index in [0.29, 0.717) is 38.7 Å². The van der Waals surface area contributed by atoms with E-state index in [4.69, 9.17) is 4.74 Å². The second kappa shape index (κ2) is 5.81. The number of aliphatic hydroxyl groups excluding tert-OH is 1. The van der Waals surface area contributed by atoms with E-state index in [-0.39, 0.29) is 35.6 Å². The minimum absolute atomic E-state index is 0.0737. The lowest BCUT2D eigenvalue weighted by Gasteiger charge is -2.64. The molecule has 0 aromatic heterocycles. The molecule has 28 heavy (non-hydrogen) atoms. The van der Waals surface area contributed by atoms with Gasteiger partial charge >= 0.3 is 5.97 Å². The number of rotatable bonds is 1. The number of fused-ring (bicyclic) bond motifs is 5. The van der Waals surface area contributed by atoms with Crippen molar-refractivity contribution in [3.63, 3.8) is 0 Å². The largest absolute Gasteiger partial charge is 0.458 e. The monoisotopic (exact) mass is 392 g/mol. The number of hydrogen-bond donors (Lipinski definition) is 4. The molecule has 0 amide bonds. The Hall–Kier alpha value is -0.950. The predicted octanol–water partition coefficient (Wildman–Crippen LogP) is 1.44. The van der Waals surface area contributed by atoms with Crippen LogP contribution >= 0.6 is 0 Å². The van der Waals surface area contributed by atoms with Crippen LogP contribution in [0.25, 0.3) is 0 Å².